The van der Waals surface area contributed by atoms with E-state index in [9.17, 15) is 19.2 Å². The van der Waals surface area contributed by atoms with E-state index in [4.69, 9.17) is 0 Å². The zero-order valence-corrected chi connectivity index (χ0v) is 17.0. The lowest BCUT2D eigenvalue weighted by molar-refractivity contribution is -0.118. The third-order valence-corrected chi connectivity index (χ3v) is 4.75. The number of hydrogen-bond acceptors (Lipinski definition) is 4. The van der Waals surface area contributed by atoms with E-state index in [2.05, 4.69) is 16.0 Å². The van der Waals surface area contributed by atoms with E-state index in [1.54, 1.807) is 42.5 Å². The molecule has 2 aromatic carbocycles. The van der Waals surface area contributed by atoms with Crippen LogP contribution in [-0.2, 0) is 9.59 Å². The van der Waals surface area contributed by atoms with Gasteiger partial charge in [-0.15, -0.1) is 0 Å². The van der Waals surface area contributed by atoms with Crippen LogP contribution in [0.4, 0.5) is 21.9 Å². The molecular formula is C22H24N4O4. The maximum Gasteiger partial charge on any atom is 0.329 e. The van der Waals surface area contributed by atoms with Crippen LogP contribution in [-0.4, -0.2) is 30.3 Å². The van der Waals surface area contributed by atoms with Gasteiger partial charge in [0, 0.05) is 29.0 Å². The molecule has 1 fully saturated rings. The lowest BCUT2D eigenvalue weighted by Crippen LogP contribution is -2.27. The molecule has 0 radical (unpaired) electrons. The minimum absolute atomic E-state index is 0.0230. The van der Waals surface area contributed by atoms with Crippen LogP contribution in [0.5, 0.6) is 0 Å². The van der Waals surface area contributed by atoms with Crippen molar-refractivity contribution in [2.75, 3.05) is 22.1 Å². The minimum atomic E-state index is -0.477. The lowest BCUT2D eigenvalue weighted by Gasteiger charge is -2.14. The fourth-order valence-corrected chi connectivity index (χ4v) is 3.08. The van der Waals surface area contributed by atoms with Crippen molar-refractivity contribution in [1.29, 1.82) is 0 Å². The van der Waals surface area contributed by atoms with Crippen molar-refractivity contribution < 1.29 is 19.2 Å². The van der Waals surface area contributed by atoms with Gasteiger partial charge in [0.2, 0.25) is 11.8 Å². The molecule has 1 aliphatic rings. The Balaban J connectivity index is 1.63. The van der Waals surface area contributed by atoms with Crippen LogP contribution in [0.3, 0.4) is 0 Å². The fraction of sp³-hybridized carbons (Fsp3) is 0.273. The monoisotopic (exact) mass is 408 g/mol. The van der Waals surface area contributed by atoms with Gasteiger partial charge < -0.3 is 10.6 Å². The third kappa shape index (κ3) is 5.02. The van der Waals surface area contributed by atoms with Gasteiger partial charge in [-0.3, -0.25) is 24.6 Å². The summed E-state index contributed by atoms with van der Waals surface area (Å²) in [5, 5.41) is 7.91. The van der Waals surface area contributed by atoms with Crippen LogP contribution in [0.2, 0.25) is 0 Å². The van der Waals surface area contributed by atoms with Crippen LogP contribution in [0.25, 0.3) is 0 Å². The molecule has 1 saturated heterocycles. The molecule has 0 bridgehead atoms. The summed E-state index contributed by atoms with van der Waals surface area (Å²) in [6, 6.07) is 11.2. The Bertz CT molecular complexity index is 985. The predicted molar refractivity (Wildman–Crippen MR) is 115 cm³/mol. The summed E-state index contributed by atoms with van der Waals surface area (Å²) in [5.74, 6) is -0.685. The molecule has 0 aliphatic carbocycles. The largest absolute Gasteiger partial charge is 0.329 e. The highest BCUT2D eigenvalue weighted by Gasteiger charge is 2.27. The number of imide groups is 1. The van der Waals surface area contributed by atoms with Gasteiger partial charge in [-0.1, -0.05) is 13.3 Å². The summed E-state index contributed by atoms with van der Waals surface area (Å²) in [6.07, 6.45) is 2.29. The maximum absolute atomic E-state index is 12.5. The molecule has 30 heavy (non-hydrogen) atoms. The number of rotatable bonds is 7. The highest BCUT2D eigenvalue weighted by molar-refractivity contribution is 6.12. The van der Waals surface area contributed by atoms with Crippen molar-refractivity contribution in [3.8, 4) is 0 Å². The van der Waals surface area contributed by atoms with Crippen molar-refractivity contribution in [2.24, 2.45) is 0 Å². The number of unbranched alkanes of at least 4 members (excludes halogenated alkanes) is 1. The minimum Gasteiger partial charge on any atom is -0.326 e. The molecule has 0 unspecified atom stereocenters. The Hall–Kier alpha value is -3.68. The highest BCUT2D eigenvalue weighted by atomic mass is 16.2. The lowest BCUT2D eigenvalue weighted by atomic mass is 10.1. The second kappa shape index (κ2) is 9.21. The Morgan fingerprint density at radius 3 is 2.40 bits per heavy atom. The van der Waals surface area contributed by atoms with E-state index in [1.165, 1.54) is 4.90 Å². The Labute approximate surface area is 174 Å². The summed E-state index contributed by atoms with van der Waals surface area (Å²) in [7, 11) is 0. The molecule has 3 N–H and O–H groups in total. The predicted octanol–water partition coefficient (Wildman–Crippen LogP) is 3.43. The van der Waals surface area contributed by atoms with Gasteiger partial charge in [0.15, 0.2) is 0 Å². The van der Waals surface area contributed by atoms with Crippen molar-refractivity contribution in [2.45, 2.75) is 33.1 Å². The molecule has 1 aliphatic heterocycles. The Morgan fingerprint density at radius 1 is 1.07 bits per heavy atom. The standard InChI is InChI=1S/C22H24N4O4/c1-3-4-5-19(27)24-18-11-8-16(12-14(18)2)23-21(29)15-6-9-17(10-7-15)26-13-20(28)25-22(26)30/h6-12H,3-5,13H2,1-2H3,(H,23,29)(H,24,27)(H,25,28,30). The molecule has 0 spiro atoms. The topological polar surface area (TPSA) is 108 Å². The summed E-state index contributed by atoms with van der Waals surface area (Å²) in [5.41, 5.74) is 3.13. The molecular weight excluding hydrogens is 384 g/mol. The molecule has 5 amide bonds. The van der Waals surface area contributed by atoms with Gasteiger partial charge in [0.1, 0.15) is 6.54 Å². The molecule has 0 atom stereocenters. The summed E-state index contributed by atoms with van der Waals surface area (Å²) in [4.78, 5) is 48.8. The highest BCUT2D eigenvalue weighted by Crippen LogP contribution is 2.22. The van der Waals surface area contributed by atoms with Gasteiger partial charge in [-0.05, 0) is 61.4 Å². The van der Waals surface area contributed by atoms with E-state index in [0.29, 0.717) is 23.4 Å². The van der Waals surface area contributed by atoms with E-state index < -0.39 is 6.03 Å². The van der Waals surface area contributed by atoms with Gasteiger partial charge in [-0.2, -0.15) is 0 Å². The number of benzene rings is 2. The first-order valence-electron chi connectivity index (χ1n) is 9.80. The average Bonchev–Trinajstić information content (AvgIpc) is 3.06. The van der Waals surface area contributed by atoms with Crippen LogP contribution in [0, 0.1) is 6.92 Å². The van der Waals surface area contributed by atoms with E-state index >= 15 is 0 Å². The first-order chi connectivity index (χ1) is 14.4. The van der Waals surface area contributed by atoms with Crippen molar-refractivity contribution in [1.82, 2.24) is 5.32 Å². The number of nitrogens with one attached hydrogen (secondary N) is 3. The number of aryl methyl sites for hydroxylation is 1. The zero-order chi connectivity index (χ0) is 21.7. The Kier molecular flexibility index (Phi) is 6.46. The summed E-state index contributed by atoms with van der Waals surface area (Å²) < 4.78 is 0. The molecule has 0 aromatic heterocycles. The smallest absolute Gasteiger partial charge is 0.326 e. The number of carbonyl (C=O) groups excluding carboxylic acids is 4. The number of amides is 5. The van der Waals surface area contributed by atoms with Crippen molar-refractivity contribution in [3.63, 3.8) is 0 Å². The molecule has 8 nitrogen and oxygen atoms in total. The van der Waals surface area contributed by atoms with Gasteiger partial charge in [0.25, 0.3) is 5.91 Å². The molecule has 2 aromatic rings. The molecule has 8 heteroatoms. The average molecular weight is 408 g/mol. The number of carbonyl (C=O) groups is 4. The van der Waals surface area contributed by atoms with Crippen LogP contribution < -0.4 is 20.9 Å². The summed E-state index contributed by atoms with van der Waals surface area (Å²) in [6.45, 7) is 3.86. The molecule has 1 heterocycles. The number of nitrogens with zero attached hydrogens (tertiary/aromatic N) is 1. The second-order valence-corrected chi connectivity index (χ2v) is 7.12. The first kappa shape index (κ1) is 21.0. The fourth-order valence-electron chi connectivity index (χ4n) is 3.08. The van der Waals surface area contributed by atoms with E-state index in [-0.39, 0.29) is 24.3 Å². The number of hydrogen-bond donors (Lipinski definition) is 3. The first-order valence-corrected chi connectivity index (χ1v) is 9.80. The van der Waals surface area contributed by atoms with Gasteiger partial charge in [-0.25, -0.2) is 4.79 Å². The maximum atomic E-state index is 12.5. The van der Waals surface area contributed by atoms with E-state index in [0.717, 1.165) is 24.1 Å². The van der Waals surface area contributed by atoms with Gasteiger partial charge >= 0.3 is 6.03 Å². The Morgan fingerprint density at radius 2 is 1.80 bits per heavy atom. The van der Waals surface area contributed by atoms with Gasteiger partial charge in [0.05, 0.1) is 0 Å². The van der Waals surface area contributed by atoms with Crippen LogP contribution in [0.1, 0.15) is 42.1 Å². The second-order valence-electron chi connectivity index (χ2n) is 7.12. The number of anilines is 3. The van der Waals surface area contributed by atoms with Crippen molar-refractivity contribution in [3.05, 3.63) is 53.6 Å². The molecule has 156 valence electrons. The van der Waals surface area contributed by atoms with Crippen LogP contribution >= 0.6 is 0 Å². The van der Waals surface area contributed by atoms with E-state index in [1.807, 2.05) is 13.8 Å². The third-order valence-electron chi connectivity index (χ3n) is 4.75. The quantitative estimate of drug-likeness (QED) is 0.610. The van der Waals surface area contributed by atoms with Crippen LogP contribution in [0.15, 0.2) is 42.5 Å². The summed E-state index contributed by atoms with van der Waals surface area (Å²) >= 11 is 0. The zero-order valence-electron chi connectivity index (χ0n) is 17.0. The van der Waals surface area contributed by atoms with Crippen molar-refractivity contribution >= 4 is 40.8 Å². The number of urea groups is 1. The SMILES string of the molecule is CCCCC(=O)Nc1ccc(NC(=O)c2ccc(N3CC(=O)NC3=O)cc2)cc1C. The molecule has 0 saturated carbocycles. The molecule has 3 rings (SSSR count). The normalized spacial score (nSPS) is 13.2.